The summed E-state index contributed by atoms with van der Waals surface area (Å²) in [5, 5.41) is 11.4. The molecule has 0 spiro atoms. The highest BCUT2D eigenvalue weighted by atomic mass is 16.4. The minimum Gasteiger partial charge on any atom is -0.480 e. The van der Waals surface area contributed by atoms with Crippen molar-refractivity contribution in [2.45, 2.75) is 19.3 Å². The van der Waals surface area contributed by atoms with Crippen molar-refractivity contribution in [1.82, 2.24) is 10.2 Å². The maximum Gasteiger partial charge on any atom is 0.323 e. The van der Waals surface area contributed by atoms with E-state index < -0.39 is 5.97 Å². The first-order valence-corrected chi connectivity index (χ1v) is 3.68. The van der Waals surface area contributed by atoms with Crippen LogP contribution < -0.4 is 11.1 Å². The zero-order valence-corrected chi connectivity index (χ0v) is 6.95. The number of carboxylic acid groups (broad SMARTS) is 1. The Morgan fingerprint density at radius 3 is 2.58 bits per heavy atom. The highest BCUT2D eigenvalue weighted by Crippen LogP contribution is 2.15. The van der Waals surface area contributed by atoms with Gasteiger partial charge >= 0.3 is 5.97 Å². The fourth-order valence-electron chi connectivity index (χ4n) is 1.04. The van der Waals surface area contributed by atoms with E-state index in [9.17, 15) is 4.79 Å². The Morgan fingerprint density at radius 1 is 1.83 bits per heavy atom. The largest absolute Gasteiger partial charge is 0.480 e. The molecular weight excluding hydrogens is 158 g/mol. The number of nitrogens with one attached hydrogen (secondary N) is 1. The van der Waals surface area contributed by atoms with Gasteiger partial charge in [-0.3, -0.25) is 10.1 Å². The van der Waals surface area contributed by atoms with Crippen LogP contribution in [-0.4, -0.2) is 34.9 Å². The van der Waals surface area contributed by atoms with Crippen LogP contribution in [0, 0.1) is 0 Å². The molecular formula is C7H13N3O2. The first-order chi connectivity index (χ1) is 5.52. The molecule has 12 heavy (non-hydrogen) atoms. The van der Waals surface area contributed by atoms with Crippen LogP contribution in [-0.2, 0) is 4.79 Å². The molecule has 68 valence electrons. The number of carboxylic acids is 1. The van der Waals surface area contributed by atoms with E-state index in [0.717, 1.165) is 0 Å². The van der Waals surface area contributed by atoms with E-state index in [4.69, 9.17) is 10.8 Å². The molecule has 0 bridgehead atoms. The molecule has 0 radical (unpaired) electrons. The van der Waals surface area contributed by atoms with Crippen molar-refractivity contribution in [2.75, 3.05) is 6.54 Å². The van der Waals surface area contributed by atoms with E-state index in [2.05, 4.69) is 11.9 Å². The molecule has 1 aliphatic heterocycles. The Balaban J connectivity index is 2.50. The summed E-state index contributed by atoms with van der Waals surface area (Å²) in [6.07, 6.45) is -0.181. The molecule has 1 rings (SSSR count). The third-order valence-corrected chi connectivity index (χ3v) is 1.73. The standard InChI is InChI=1S/C7H13N3O2/c1-4(2)10(3-5(11)12)7-6(8)9-7/h6-7,9H,1,3,8H2,2H3,(H,11,12). The van der Waals surface area contributed by atoms with Crippen LogP contribution in [0.5, 0.6) is 0 Å². The lowest BCUT2D eigenvalue weighted by molar-refractivity contribution is -0.138. The van der Waals surface area contributed by atoms with E-state index in [-0.39, 0.29) is 18.9 Å². The quantitative estimate of drug-likeness (QED) is 0.478. The van der Waals surface area contributed by atoms with Gasteiger partial charge in [0.25, 0.3) is 0 Å². The molecule has 0 aromatic heterocycles. The maximum atomic E-state index is 10.4. The summed E-state index contributed by atoms with van der Waals surface area (Å²) >= 11 is 0. The Hall–Kier alpha value is -1.07. The van der Waals surface area contributed by atoms with Gasteiger partial charge in [0.1, 0.15) is 12.7 Å². The second kappa shape index (κ2) is 3.12. The lowest BCUT2D eigenvalue weighted by atomic mass is 10.4. The van der Waals surface area contributed by atoms with Gasteiger partial charge < -0.3 is 15.7 Å². The summed E-state index contributed by atoms with van der Waals surface area (Å²) in [5.41, 5.74) is 6.21. The molecule has 0 saturated carbocycles. The molecule has 1 fully saturated rings. The number of rotatable bonds is 4. The SMILES string of the molecule is C=C(C)N(CC(=O)O)C1NC1N. The number of aliphatic carboxylic acids is 1. The smallest absolute Gasteiger partial charge is 0.323 e. The van der Waals surface area contributed by atoms with E-state index in [1.165, 1.54) is 0 Å². The molecule has 0 amide bonds. The first-order valence-electron chi connectivity index (χ1n) is 3.68. The Morgan fingerprint density at radius 2 is 2.33 bits per heavy atom. The summed E-state index contributed by atoms with van der Waals surface area (Å²) in [6.45, 7) is 5.38. The maximum absolute atomic E-state index is 10.4. The molecule has 5 nitrogen and oxygen atoms in total. The van der Waals surface area contributed by atoms with E-state index in [0.29, 0.717) is 5.70 Å². The van der Waals surface area contributed by atoms with Crippen molar-refractivity contribution in [1.29, 1.82) is 0 Å². The second-order valence-corrected chi connectivity index (χ2v) is 2.89. The van der Waals surface area contributed by atoms with Gasteiger partial charge in [0.05, 0.1) is 6.17 Å². The van der Waals surface area contributed by atoms with Gasteiger partial charge in [0.15, 0.2) is 0 Å². The van der Waals surface area contributed by atoms with Gasteiger partial charge in [-0.25, -0.2) is 0 Å². The van der Waals surface area contributed by atoms with Crippen molar-refractivity contribution < 1.29 is 9.90 Å². The number of carbonyl (C=O) groups is 1. The minimum absolute atomic E-state index is 0.0549. The number of allylic oxidation sites excluding steroid dienone is 1. The zero-order valence-electron chi connectivity index (χ0n) is 6.95. The van der Waals surface area contributed by atoms with Crippen LogP contribution in [0.3, 0.4) is 0 Å². The van der Waals surface area contributed by atoms with Crippen molar-refractivity contribution in [3.8, 4) is 0 Å². The molecule has 1 aliphatic rings. The Bertz CT molecular complexity index is 217. The fourth-order valence-corrected chi connectivity index (χ4v) is 1.04. The normalized spacial score (nSPS) is 26.5. The van der Waals surface area contributed by atoms with Crippen molar-refractivity contribution in [2.24, 2.45) is 5.73 Å². The monoisotopic (exact) mass is 171 g/mol. The van der Waals surface area contributed by atoms with Gasteiger partial charge in [-0.05, 0) is 6.92 Å². The van der Waals surface area contributed by atoms with Gasteiger partial charge in [-0.2, -0.15) is 0 Å². The second-order valence-electron chi connectivity index (χ2n) is 2.89. The van der Waals surface area contributed by atoms with Gasteiger partial charge in [-0.15, -0.1) is 0 Å². The van der Waals surface area contributed by atoms with Gasteiger partial charge in [0.2, 0.25) is 0 Å². The molecule has 4 N–H and O–H groups in total. The topological polar surface area (TPSA) is 88.5 Å². The number of hydrogen-bond donors (Lipinski definition) is 3. The van der Waals surface area contributed by atoms with Crippen LogP contribution in [0.4, 0.5) is 0 Å². The number of nitrogens with two attached hydrogens (primary N) is 1. The summed E-state index contributed by atoms with van der Waals surface area (Å²) in [7, 11) is 0. The zero-order chi connectivity index (χ0) is 9.30. The molecule has 0 aromatic rings. The predicted octanol–water partition coefficient (Wildman–Crippen LogP) is -0.879. The van der Waals surface area contributed by atoms with Crippen LogP contribution in [0.15, 0.2) is 12.3 Å². The van der Waals surface area contributed by atoms with E-state index >= 15 is 0 Å². The summed E-state index contributed by atoms with van der Waals surface area (Å²) in [6, 6.07) is 0. The molecule has 1 saturated heterocycles. The van der Waals surface area contributed by atoms with Crippen LogP contribution in [0.2, 0.25) is 0 Å². The Labute approximate surface area is 70.8 Å². The highest BCUT2D eigenvalue weighted by Gasteiger charge is 2.38. The van der Waals surface area contributed by atoms with Crippen LogP contribution in [0.1, 0.15) is 6.92 Å². The number of hydrogen-bond acceptors (Lipinski definition) is 4. The van der Waals surface area contributed by atoms with Crippen molar-refractivity contribution in [3.05, 3.63) is 12.3 Å². The van der Waals surface area contributed by atoms with Gasteiger partial charge in [-0.1, -0.05) is 6.58 Å². The highest BCUT2D eigenvalue weighted by molar-refractivity contribution is 5.69. The van der Waals surface area contributed by atoms with Crippen LogP contribution in [0.25, 0.3) is 0 Å². The molecule has 5 heteroatoms. The predicted molar refractivity (Wildman–Crippen MR) is 44.1 cm³/mol. The Kier molecular flexibility index (Phi) is 2.35. The summed E-state index contributed by atoms with van der Waals surface area (Å²) in [5.74, 6) is -0.876. The molecule has 2 unspecified atom stereocenters. The molecule has 0 aliphatic carbocycles. The molecule has 0 aromatic carbocycles. The van der Waals surface area contributed by atoms with Crippen molar-refractivity contribution >= 4 is 5.97 Å². The lowest BCUT2D eigenvalue weighted by Gasteiger charge is -2.20. The third-order valence-electron chi connectivity index (χ3n) is 1.73. The minimum atomic E-state index is -0.876. The van der Waals surface area contributed by atoms with Crippen LogP contribution >= 0.6 is 0 Å². The van der Waals surface area contributed by atoms with Gasteiger partial charge in [0, 0.05) is 5.70 Å². The summed E-state index contributed by atoms with van der Waals surface area (Å²) < 4.78 is 0. The molecule has 2 atom stereocenters. The van der Waals surface area contributed by atoms with Crippen molar-refractivity contribution in [3.63, 3.8) is 0 Å². The van der Waals surface area contributed by atoms with E-state index in [1.807, 2.05) is 0 Å². The summed E-state index contributed by atoms with van der Waals surface area (Å²) in [4.78, 5) is 12.0. The third kappa shape index (κ3) is 1.96. The first kappa shape index (κ1) is 9.02. The van der Waals surface area contributed by atoms with E-state index in [1.54, 1.807) is 11.8 Å². The fraction of sp³-hybridized carbons (Fsp3) is 0.571. The lowest BCUT2D eigenvalue weighted by Crippen LogP contribution is -2.33. The molecule has 1 heterocycles. The average Bonchev–Trinajstić information content (AvgIpc) is 2.61. The number of nitrogens with zero attached hydrogens (tertiary/aromatic N) is 1. The average molecular weight is 171 g/mol.